The number of rotatable bonds is 15. The zero-order valence-corrected chi connectivity index (χ0v) is 38.4. The fraction of sp³-hybridized carbons (Fsp3) is 0.952. The van der Waals surface area contributed by atoms with Crippen LogP contribution in [-0.4, -0.2) is 181 Å². The van der Waals surface area contributed by atoms with Crippen molar-refractivity contribution in [3.63, 3.8) is 0 Å². The predicted molar refractivity (Wildman–Crippen MR) is 218 cm³/mol. The van der Waals surface area contributed by atoms with E-state index in [4.69, 9.17) is 47.5 Å². The Labute approximate surface area is 357 Å². The molecule has 18 atom stereocenters. The van der Waals surface area contributed by atoms with E-state index >= 15 is 0 Å². The van der Waals surface area contributed by atoms with Crippen molar-refractivity contribution < 1.29 is 77.8 Å². The first-order valence-corrected chi connectivity index (χ1v) is 21.3. The third-order valence-electron chi connectivity index (χ3n) is 12.8. The standard InChI is InChI=1S/C42H78N2O16/c1-15-30-42(10,50)35(46)25(4)32(43-55-22-54-21-53-17-16-51-13)23(2)19-40(8,49)37(60-39-33(45)29(44(11)12)18-24(3)56-39)26(5)34(27(6)38(48)58-30)59-31-20-41(9,52-14)36(47)28(7)57-31/h23-31,33-37,39,45-47,49-50H,15-22H2,1-14H3/b43-32+/t23-,24-,25+,26-,27-,28+,29+,30-,31+,33-,34+,35+,36+,37-,39+,40-,41-,42-/m1/s1. The van der Waals surface area contributed by atoms with Crippen LogP contribution in [0.25, 0.3) is 0 Å². The lowest BCUT2D eigenvalue weighted by atomic mass is 9.73. The van der Waals surface area contributed by atoms with E-state index in [0.717, 1.165) is 0 Å². The number of nitrogens with zero attached hydrogens (tertiary/aromatic N) is 2. The van der Waals surface area contributed by atoms with E-state index in [2.05, 4.69) is 5.16 Å². The third kappa shape index (κ3) is 13.0. The van der Waals surface area contributed by atoms with Gasteiger partial charge in [0.15, 0.2) is 19.4 Å². The lowest BCUT2D eigenvalue weighted by Crippen LogP contribution is -2.61. The Kier molecular flexibility index (Phi) is 20.1. The van der Waals surface area contributed by atoms with E-state index in [-0.39, 0.29) is 50.7 Å². The Balaban J connectivity index is 2.18. The molecule has 0 aliphatic carbocycles. The number of oxime groups is 1. The molecule has 352 valence electrons. The average molecular weight is 867 g/mol. The van der Waals surface area contributed by atoms with Gasteiger partial charge in [0.25, 0.3) is 0 Å². The van der Waals surface area contributed by atoms with Gasteiger partial charge < -0.3 is 77.9 Å². The first-order chi connectivity index (χ1) is 28.0. The summed E-state index contributed by atoms with van der Waals surface area (Å²) in [7, 11) is 6.76. The van der Waals surface area contributed by atoms with Gasteiger partial charge in [0.2, 0.25) is 6.79 Å². The van der Waals surface area contributed by atoms with Crippen LogP contribution in [0.1, 0.15) is 94.9 Å². The topological polar surface area (TPSA) is 226 Å². The lowest BCUT2D eigenvalue weighted by molar-refractivity contribution is -0.317. The quantitative estimate of drug-likeness (QED) is 0.0688. The zero-order chi connectivity index (χ0) is 45.3. The Morgan fingerprint density at radius 2 is 1.53 bits per heavy atom. The highest BCUT2D eigenvalue weighted by Crippen LogP contribution is 2.41. The largest absolute Gasteiger partial charge is 0.459 e. The van der Waals surface area contributed by atoms with Crippen molar-refractivity contribution in [3.05, 3.63) is 0 Å². The summed E-state index contributed by atoms with van der Waals surface area (Å²) in [5.41, 5.74) is -4.56. The number of methoxy groups -OCH3 is 2. The van der Waals surface area contributed by atoms with Gasteiger partial charge in [0, 0.05) is 44.4 Å². The molecule has 0 unspecified atom stereocenters. The number of carbonyl (C=O) groups is 1. The van der Waals surface area contributed by atoms with Crippen LogP contribution in [0.5, 0.6) is 0 Å². The number of aliphatic hydroxyl groups excluding tert-OH is 3. The molecule has 3 aliphatic heterocycles. The van der Waals surface area contributed by atoms with Crippen LogP contribution in [0.4, 0.5) is 0 Å². The highest BCUT2D eigenvalue weighted by Gasteiger charge is 2.53. The highest BCUT2D eigenvalue weighted by molar-refractivity contribution is 5.88. The average Bonchev–Trinajstić information content (AvgIpc) is 3.18. The van der Waals surface area contributed by atoms with Crippen LogP contribution in [0.15, 0.2) is 5.16 Å². The summed E-state index contributed by atoms with van der Waals surface area (Å²) < 4.78 is 53.4. The minimum Gasteiger partial charge on any atom is -0.459 e. The molecule has 3 aliphatic rings. The molecule has 0 aromatic carbocycles. The molecule has 0 saturated carbocycles. The molecule has 18 heteroatoms. The Bertz CT molecular complexity index is 1340. The summed E-state index contributed by atoms with van der Waals surface area (Å²) in [6.45, 7) is 17.2. The number of likely N-dealkylation sites (N-methyl/N-ethyl adjacent to an activating group) is 1. The Hall–Kier alpha value is -1.62. The SMILES string of the molecule is CC[C@H]1OC(=O)[C@H](C)[C@@H](O[C@H]2C[C@@](C)(OC)[C@@H](O)[C@H](C)O2)[C@@H](C)[C@@H](O[C@@H]2O[C@H](C)C[C@H](N(C)C)[C@H]2O)[C@](C)(O)C[C@@H](C)/C(=N\OCOCOCCOC)[C@H](C)[C@H](O)[C@]1(C)O. The van der Waals surface area contributed by atoms with Crippen molar-refractivity contribution in [2.24, 2.45) is 28.8 Å². The first-order valence-electron chi connectivity index (χ1n) is 21.3. The number of carbonyl (C=O) groups excluding carboxylic acids is 1. The monoisotopic (exact) mass is 867 g/mol. The molecule has 0 radical (unpaired) electrons. The second-order valence-corrected chi connectivity index (χ2v) is 18.1. The van der Waals surface area contributed by atoms with Crippen molar-refractivity contribution >= 4 is 11.7 Å². The van der Waals surface area contributed by atoms with Gasteiger partial charge in [-0.05, 0) is 74.9 Å². The summed E-state index contributed by atoms with van der Waals surface area (Å²) in [5.74, 6) is -4.22. The fourth-order valence-corrected chi connectivity index (χ4v) is 9.03. The van der Waals surface area contributed by atoms with Crippen molar-refractivity contribution in [1.82, 2.24) is 4.90 Å². The van der Waals surface area contributed by atoms with Crippen LogP contribution < -0.4 is 0 Å². The van der Waals surface area contributed by atoms with E-state index < -0.39 is 102 Å². The van der Waals surface area contributed by atoms with Crippen LogP contribution >= 0.6 is 0 Å². The van der Waals surface area contributed by atoms with Gasteiger partial charge in [-0.25, -0.2) is 0 Å². The van der Waals surface area contributed by atoms with Crippen LogP contribution in [0, 0.1) is 23.7 Å². The number of cyclic esters (lactones) is 1. The normalized spacial score (nSPS) is 44.7. The maximum atomic E-state index is 14.4. The molecule has 3 heterocycles. The number of esters is 1. The molecule has 18 nitrogen and oxygen atoms in total. The molecule has 5 N–H and O–H groups in total. The van der Waals surface area contributed by atoms with Crippen LogP contribution in [0.2, 0.25) is 0 Å². The van der Waals surface area contributed by atoms with E-state index in [0.29, 0.717) is 19.6 Å². The maximum absolute atomic E-state index is 14.4. The molecule has 60 heavy (non-hydrogen) atoms. The van der Waals surface area contributed by atoms with Crippen molar-refractivity contribution in [3.8, 4) is 0 Å². The van der Waals surface area contributed by atoms with E-state index in [1.165, 1.54) is 14.0 Å². The molecule has 0 bridgehead atoms. The summed E-state index contributed by atoms with van der Waals surface area (Å²) in [5, 5.41) is 63.7. The molecule has 0 aromatic heterocycles. The van der Waals surface area contributed by atoms with E-state index in [1.807, 2.05) is 25.9 Å². The smallest absolute Gasteiger partial charge is 0.311 e. The highest BCUT2D eigenvalue weighted by atomic mass is 16.8. The molecule has 0 amide bonds. The second kappa shape index (κ2) is 22.8. The molecule has 0 spiro atoms. The Morgan fingerprint density at radius 3 is 2.13 bits per heavy atom. The van der Waals surface area contributed by atoms with Crippen molar-refractivity contribution in [1.29, 1.82) is 0 Å². The third-order valence-corrected chi connectivity index (χ3v) is 12.8. The molecular formula is C42H78N2O16. The number of aliphatic hydroxyl groups is 5. The minimum atomic E-state index is -1.98. The van der Waals surface area contributed by atoms with E-state index in [9.17, 15) is 30.3 Å². The first kappa shape index (κ1) is 52.7. The maximum Gasteiger partial charge on any atom is 0.311 e. The number of hydrogen-bond acceptors (Lipinski definition) is 18. The van der Waals surface area contributed by atoms with Gasteiger partial charge in [0.1, 0.15) is 23.9 Å². The van der Waals surface area contributed by atoms with Crippen molar-refractivity contribution in [2.75, 3.05) is 55.1 Å². The Morgan fingerprint density at radius 1 is 0.867 bits per heavy atom. The molecule has 3 saturated heterocycles. The predicted octanol–water partition coefficient (Wildman–Crippen LogP) is 2.18. The molecule has 0 aromatic rings. The van der Waals surface area contributed by atoms with Crippen LogP contribution in [0.3, 0.4) is 0 Å². The fourth-order valence-electron chi connectivity index (χ4n) is 9.03. The van der Waals surface area contributed by atoms with Gasteiger partial charge >= 0.3 is 5.97 Å². The van der Waals surface area contributed by atoms with Gasteiger partial charge in [0.05, 0.1) is 66.6 Å². The lowest BCUT2D eigenvalue weighted by Gasteiger charge is -2.49. The minimum absolute atomic E-state index is 0.0481. The summed E-state index contributed by atoms with van der Waals surface area (Å²) in [6, 6.07) is -0.336. The molecular weight excluding hydrogens is 788 g/mol. The van der Waals surface area contributed by atoms with Gasteiger partial charge in [-0.1, -0.05) is 32.9 Å². The van der Waals surface area contributed by atoms with E-state index in [1.54, 1.807) is 62.5 Å². The number of hydrogen-bond donors (Lipinski definition) is 5. The van der Waals surface area contributed by atoms with Gasteiger partial charge in [-0.15, -0.1) is 0 Å². The summed E-state index contributed by atoms with van der Waals surface area (Å²) in [6.07, 6.45) is -9.64. The second-order valence-electron chi connectivity index (χ2n) is 18.1. The summed E-state index contributed by atoms with van der Waals surface area (Å²) >= 11 is 0. The molecule has 3 fully saturated rings. The summed E-state index contributed by atoms with van der Waals surface area (Å²) in [4.78, 5) is 21.8. The zero-order valence-electron chi connectivity index (χ0n) is 38.4. The van der Waals surface area contributed by atoms with Gasteiger partial charge in [-0.2, -0.15) is 0 Å². The van der Waals surface area contributed by atoms with Crippen LogP contribution in [-0.2, 0) is 52.3 Å². The van der Waals surface area contributed by atoms with Crippen molar-refractivity contribution in [2.45, 2.75) is 179 Å². The van der Waals surface area contributed by atoms with Gasteiger partial charge in [-0.3, -0.25) is 4.79 Å². The molecule has 3 rings (SSSR count). The number of ether oxygens (including phenoxy) is 9.